The van der Waals surface area contributed by atoms with Crippen molar-refractivity contribution in [2.45, 2.75) is 169 Å². The van der Waals surface area contributed by atoms with Gasteiger partial charge in [0.1, 0.15) is 0 Å². The maximum atomic E-state index is 2.79. The number of benzene rings is 12. The number of para-hydroxylation sites is 2. The van der Waals surface area contributed by atoms with E-state index in [-0.39, 0.29) is 38.4 Å². The fourth-order valence-electron chi connectivity index (χ4n) is 16.4. The van der Waals surface area contributed by atoms with E-state index >= 15 is 0 Å². The van der Waals surface area contributed by atoms with Crippen LogP contribution in [-0.4, -0.2) is 9.13 Å². The van der Waals surface area contributed by atoms with Gasteiger partial charge in [-0.2, -0.15) is 0 Å². The molecule has 3 nitrogen and oxygen atoms in total. The number of anilines is 3. The van der Waals surface area contributed by atoms with Gasteiger partial charge in [-0.05, 0) is 206 Å². The van der Waals surface area contributed by atoms with Crippen molar-refractivity contribution in [1.82, 2.24) is 9.13 Å². The van der Waals surface area contributed by atoms with Crippen molar-refractivity contribution in [3.63, 3.8) is 0 Å². The Labute approximate surface area is 600 Å². The van der Waals surface area contributed by atoms with Crippen molar-refractivity contribution >= 4 is 60.7 Å². The number of hydrogen-bond donors (Lipinski definition) is 0. The molecule has 14 aromatic rings. The van der Waals surface area contributed by atoms with E-state index in [0.717, 1.165) is 45.7 Å². The van der Waals surface area contributed by atoms with Gasteiger partial charge in [-0.25, -0.2) is 0 Å². The monoisotopic (exact) mass is 1320 g/mol. The van der Waals surface area contributed by atoms with Crippen LogP contribution in [0.3, 0.4) is 0 Å². The first-order chi connectivity index (χ1) is 47.9. The Morgan fingerprint density at radius 2 is 0.752 bits per heavy atom. The molecule has 1 aliphatic heterocycles. The van der Waals surface area contributed by atoms with Crippen molar-refractivity contribution in [3.8, 4) is 55.9 Å². The Morgan fingerprint density at radius 3 is 1.29 bits per heavy atom. The minimum absolute atomic E-state index is 0.0455. The molecule has 0 spiro atoms. The molecule has 1 unspecified atom stereocenters. The predicted molar refractivity (Wildman–Crippen MR) is 434 cm³/mol. The summed E-state index contributed by atoms with van der Waals surface area (Å²) in [6.45, 7) is 42.4. The Morgan fingerprint density at radius 1 is 0.287 bits per heavy atom. The summed E-state index contributed by atoms with van der Waals surface area (Å²) in [6, 6.07) is 95.2. The van der Waals surface area contributed by atoms with Crippen LogP contribution in [-0.2, 0) is 38.9 Å². The molecule has 16 rings (SSSR count). The second-order valence-electron chi connectivity index (χ2n) is 35.5. The third-order valence-electron chi connectivity index (χ3n) is 22.3. The van der Waals surface area contributed by atoms with E-state index < -0.39 is 0 Å². The molecule has 12 aromatic carbocycles. The molecule has 0 bridgehead atoms. The second-order valence-corrected chi connectivity index (χ2v) is 35.5. The van der Waals surface area contributed by atoms with Crippen molar-refractivity contribution in [1.29, 1.82) is 0 Å². The number of aromatic nitrogens is 2. The van der Waals surface area contributed by atoms with Crippen LogP contribution < -0.4 is 4.90 Å². The van der Waals surface area contributed by atoms with E-state index in [1.807, 2.05) is 0 Å². The first-order valence-electron chi connectivity index (χ1n) is 36.8. The Kier molecular flexibility index (Phi) is 15.1. The van der Waals surface area contributed by atoms with Gasteiger partial charge in [0.15, 0.2) is 0 Å². The Balaban J connectivity index is 1.10. The fraction of sp³-hybridized carbons (Fsp3) is 0.265. The van der Waals surface area contributed by atoms with Gasteiger partial charge in [0.05, 0.1) is 39.1 Å². The van der Waals surface area contributed by atoms with E-state index in [1.54, 1.807) is 0 Å². The molecule has 0 amide bonds. The van der Waals surface area contributed by atoms with Crippen LogP contribution in [0.4, 0.5) is 17.1 Å². The summed E-state index contributed by atoms with van der Waals surface area (Å²) in [7, 11) is 0. The van der Waals surface area contributed by atoms with Crippen molar-refractivity contribution in [3.05, 3.63) is 304 Å². The molecule has 0 fully saturated rings. The van der Waals surface area contributed by atoms with Gasteiger partial charge < -0.3 is 14.0 Å². The number of rotatable bonds is 7. The lowest BCUT2D eigenvalue weighted by molar-refractivity contribution is 0.568. The maximum Gasteiger partial charge on any atom is 0.0626 e. The normalized spacial score (nSPS) is 14.3. The van der Waals surface area contributed by atoms with Crippen molar-refractivity contribution in [2.24, 2.45) is 0 Å². The van der Waals surface area contributed by atoms with E-state index in [0.29, 0.717) is 0 Å². The molecule has 1 aliphatic carbocycles. The lowest BCUT2D eigenvalue weighted by atomic mass is 9.70. The largest absolute Gasteiger partial charge is 0.309 e. The molecule has 3 heteroatoms. The summed E-state index contributed by atoms with van der Waals surface area (Å²) in [4.78, 5) is 2.79. The lowest BCUT2D eigenvalue weighted by Crippen LogP contribution is -2.28. The van der Waals surface area contributed by atoms with Crippen LogP contribution in [0, 0.1) is 0 Å². The minimum atomic E-state index is -0.122. The molecule has 2 aliphatic rings. The highest BCUT2D eigenvalue weighted by Gasteiger charge is 2.42. The van der Waals surface area contributed by atoms with E-state index in [4.69, 9.17) is 0 Å². The van der Waals surface area contributed by atoms with Gasteiger partial charge in [-0.3, -0.25) is 0 Å². The van der Waals surface area contributed by atoms with Crippen LogP contribution in [0.25, 0.3) is 99.5 Å². The molecule has 101 heavy (non-hydrogen) atoms. The molecular formula is C98H97N3. The zero-order chi connectivity index (χ0) is 70.8. The third-order valence-corrected chi connectivity index (χ3v) is 22.3. The first-order valence-corrected chi connectivity index (χ1v) is 36.8. The summed E-state index contributed by atoms with van der Waals surface area (Å²) in [5, 5.41) is 4.99. The Bertz CT molecular complexity index is 5510. The average Bonchev–Trinajstić information content (AvgIpc) is 1.63. The third kappa shape index (κ3) is 11.3. The van der Waals surface area contributed by atoms with Gasteiger partial charge >= 0.3 is 0 Å². The topological polar surface area (TPSA) is 13.1 Å². The molecule has 2 aromatic heterocycles. The summed E-state index contributed by atoms with van der Waals surface area (Å²) < 4.78 is 5.13. The highest BCUT2D eigenvalue weighted by molar-refractivity contribution is 6.22. The highest BCUT2D eigenvalue weighted by Crippen LogP contribution is 2.61. The molecule has 0 radical (unpaired) electrons. The van der Waals surface area contributed by atoms with Crippen LogP contribution in [0.5, 0.6) is 0 Å². The summed E-state index contributed by atoms with van der Waals surface area (Å²) in [6.07, 6.45) is 0.772. The second kappa shape index (κ2) is 23.3. The van der Waals surface area contributed by atoms with Gasteiger partial charge in [0.2, 0.25) is 0 Å². The Hall–Kier alpha value is -9.96. The molecule has 504 valence electrons. The van der Waals surface area contributed by atoms with Crippen LogP contribution >= 0.6 is 0 Å². The van der Waals surface area contributed by atoms with Crippen LogP contribution in [0.15, 0.2) is 243 Å². The zero-order valence-electron chi connectivity index (χ0n) is 62.7. The summed E-state index contributed by atoms with van der Waals surface area (Å²) in [5.74, 6) is -0.122. The van der Waals surface area contributed by atoms with Crippen molar-refractivity contribution in [2.75, 3.05) is 4.90 Å². The standard InChI is InChI=1S/C98H97N3/c1-93(2,3)68-41-44-83-80(56-68)81-57-69(94(4,5)6)42-45-84(81)100(83)75-51-67-46-64-39-38-62(65-47-70(95(7,8)9)54-71(48-65)96(10,11)12)52-78(64)90-77-43-40-63(66-49-72(97(13,14)15)55-73(50-66)98(16,17)18)53-85(77)101(86(58-75)88(67)90)92-79(60-30-22-19-23-31-60)59-87-91(89(92)61-32-24-20-25-33-61)76-36-28-29-37-82(76)99(87)74-34-26-21-27-35-74/h19-45,47-59,90H,46H2,1-18H3. The minimum Gasteiger partial charge on any atom is -0.309 e. The smallest absolute Gasteiger partial charge is 0.0626 e. The lowest BCUT2D eigenvalue weighted by Gasteiger charge is -2.43. The molecule has 0 saturated heterocycles. The van der Waals surface area contributed by atoms with Gasteiger partial charge in [0, 0.05) is 50.0 Å². The van der Waals surface area contributed by atoms with Gasteiger partial charge in [0.25, 0.3) is 0 Å². The van der Waals surface area contributed by atoms with Crippen LogP contribution in [0.2, 0.25) is 0 Å². The molecule has 1 atom stereocenters. The zero-order valence-corrected chi connectivity index (χ0v) is 62.7. The summed E-state index contributed by atoms with van der Waals surface area (Å²) >= 11 is 0. The quantitative estimate of drug-likeness (QED) is 0.155. The SMILES string of the molecule is CC(C)(C)c1cc(-c2ccc3c(c2)C2c4ccc(-c5cc(C(C)(C)C)cc(C(C)(C)C)c5)cc4N(c4c(-c5ccccc5)cc5c(c4-c4ccccc4)c4ccccc4n5-c4ccccc4)c4cc(-n5c6ccc(C(C)(C)C)cc6c6cc(C(C)(C)C)ccc65)cc(c42)C3)cc(C(C)(C)C)c1. The number of nitrogens with zero attached hydrogens (tertiary/aromatic N) is 3. The average molecular weight is 1320 g/mol. The summed E-state index contributed by atoms with van der Waals surface area (Å²) in [5.41, 5.74) is 34.6. The molecular weight excluding hydrogens is 1220 g/mol. The molecule has 0 saturated carbocycles. The van der Waals surface area contributed by atoms with Gasteiger partial charge in [-0.1, -0.05) is 294 Å². The molecule has 0 N–H and O–H groups in total. The van der Waals surface area contributed by atoms with E-state index in [2.05, 4.69) is 381 Å². The number of fused-ring (bicyclic) bond motifs is 10. The van der Waals surface area contributed by atoms with E-state index in [9.17, 15) is 0 Å². The highest BCUT2D eigenvalue weighted by atomic mass is 15.2. The van der Waals surface area contributed by atoms with Crippen LogP contribution in [0.1, 0.15) is 192 Å². The fourth-order valence-corrected chi connectivity index (χ4v) is 16.4. The first kappa shape index (κ1) is 65.6. The molecule has 3 heterocycles. The number of hydrogen-bond acceptors (Lipinski definition) is 1. The van der Waals surface area contributed by atoms with E-state index in [1.165, 1.54) is 138 Å². The maximum absolute atomic E-state index is 2.79. The van der Waals surface area contributed by atoms with Crippen molar-refractivity contribution < 1.29 is 0 Å². The van der Waals surface area contributed by atoms with Gasteiger partial charge in [-0.15, -0.1) is 0 Å². The predicted octanol–water partition coefficient (Wildman–Crippen LogP) is 27.2.